The zero-order valence-corrected chi connectivity index (χ0v) is 17.3. The summed E-state index contributed by atoms with van der Waals surface area (Å²) < 4.78 is 0. The van der Waals surface area contributed by atoms with Crippen LogP contribution in [0.4, 0.5) is 0 Å². The molecule has 5 rings (SSSR count). The molecule has 1 nitrogen and oxygen atoms in total. The molecule has 0 aliphatic carbocycles. The third-order valence-corrected chi connectivity index (χ3v) is 6.16. The van der Waals surface area contributed by atoms with Crippen LogP contribution in [0.15, 0.2) is 127 Å². The molecule has 0 spiro atoms. The first kappa shape index (κ1) is 19.1. The monoisotopic (exact) mass is 400 g/mol. The Kier molecular flexibility index (Phi) is 5.01. The summed E-state index contributed by atoms with van der Waals surface area (Å²) in [7, 11) is 0. The maximum absolute atomic E-state index is 10.2. The quantitative estimate of drug-likeness (QED) is 0.311. The van der Waals surface area contributed by atoms with Crippen molar-refractivity contribution >= 4 is 10.8 Å². The summed E-state index contributed by atoms with van der Waals surface area (Å²) in [6.07, 6.45) is 0.744. The van der Waals surface area contributed by atoms with E-state index in [1.807, 2.05) is 12.1 Å². The summed E-state index contributed by atoms with van der Waals surface area (Å²) in [6.45, 7) is 0. The van der Waals surface area contributed by atoms with E-state index < -0.39 is 0 Å². The molecular weight excluding hydrogens is 376 g/mol. The number of hydrogen-bond acceptors (Lipinski definition) is 1. The molecule has 0 atom stereocenters. The van der Waals surface area contributed by atoms with Gasteiger partial charge in [0.15, 0.2) is 0 Å². The number of fused-ring (bicyclic) bond motifs is 1. The molecule has 31 heavy (non-hydrogen) atoms. The summed E-state index contributed by atoms with van der Waals surface area (Å²) in [5.74, 6) is 0.297. The predicted molar refractivity (Wildman–Crippen MR) is 129 cm³/mol. The molecule has 0 amide bonds. The number of benzene rings is 5. The van der Waals surface area contributed by atoms with E-state index in [1.165, 1.54) is 27.5 Å². The first-order valence-electron chi connectivity index (χ1n) is 10.6. The average Bonchev–Trinajstić information content (AvgIpc) is 2.83. The molecule has 0 unspecified atom stereocenters. The molecular formula is C30H24O. The van der Waals surface area contributed by atoms with Crippen molar-refractivity contribution in [3.8, 4) is 5.75 Å². The van der Waals surface area contributed by atoms with Crippen LogP contribution in [0.3, 0.4) is 0 Å². The normalized spacial score (nSPS) is 11.5. The lowest BCUT2D eigenvalue weighted by Gasteiger charge is -2.36. The third kappa shape index (κ3) is 3.60. The number of aromatic hydroxyl groups is 1. The van der Waals surface area contributed by atoms with Crippen molar-refractivity contribution in [2.24, 2.45) is 0 Å². The Morgan fingerprint density at radius 1 is 0.484 bits per heavy atom. The van der Waals surface area contributed by atoms with Crippen LogP contribution in [0, 0.1) is 0 Å². The Morgan fingerprint density at radius 2 is 1.10 bits per heavy atom. The third-order valence-electron chi connectivity index (χ3n) is 6.16. The highest BCUT2D eigenvalue weighted by atomic mass is 16.3. The fraction of sp³-hybridized carbons (Fsp3) is 0.0667. The van der Waals surface area contributed by atoms with Gasteiger partial charge in [-0.15, -0.1) is 0 Å². The Bertz CT molecular complexity index is 1270. The zero-order valence-electron chi connectivity index (χ0n) is 17.3. The van der Waals surface area contributed by atoms with E-state index in [1.54, 1.807) is 6.07 Å². The molecule has 0 aromatic heterocycles. The van der Waals surface area contributed by atoms with Gasteiger partial charge in [-0.1, -0.05) is 109 Å². The van der Waals surface area contributed by atoms with Gasteiger partial charge in [-0.25, -0.2) is 0 Å². The Balaban J connectivity index is 1.82. The van der Waals surface area contributed by atoms with E-state index in [0.29, 0.717) is 5.75 Å². The van der Waals surface area contributed by atoms with Gasteiger partial charge in [-0.3, -0.25) is 0 Å². The first-order valence-corrected chi connectivity index (χ1v) is 10.6. The first-order chi connectivity index (χ1) is 15.3. The predicted octanol–water partition coefficient (Wildman–Crippen LogP) is 7.12. The van der Waals surface area contributed by atoms with Gasteiger partial charge in [0.2, 0.25) is 0 Å². The fourth-order valence-corrected chi connectivity index (χ4v) is 4.68. The highest BCUT2D eigenvalue weighted by molar-refractivity contribution is 5.83. The molecule has 0 aliphatic rings. The summed E-state index contributed by atoms with van der Waals surface area (Å²) in [6, 6.07) is 44.3. The second-order valence-electron chi connectivity index (χ2n) is 8.05. The Hall–Kier alpha value is -3.84. The lowest BCUT2D eigenvalue weighted by molar-refractivity contribution is 0.473. The minimum absolute atomic E-state index is 0.297. The van der Waals surface area contributed by atoms with Crippen molar-refractivity contribution in [2.75, 3.05) is 0 Å². The highest BCUT2D eigenvalue weighted by Gasteiger charge is 2.36. The van der Waals surface area contributed by atoms with E-state index in [0.717, 1.165) is 12.0 Å². The van der Waals surface area contributed by atoms with Crippen LogP contribution in [0.5, 0.6) is 5.75 Å². The number of rotatable bonds is 5. The van der Waals surface area contributed by atoms with E-state index >= 15 is 0 Å². The van der Waals surface area contributed by atoms with Crippen molar-refractivity contribution in [1.29, 1.82) is 0 Å². The van der Waals surface area contributed by atoms with Gasteiger partial charge in [-0.2, -0.15) is 0 Å². The van der Waals surface area contributed by atoms with Crippen LogP contribution >= 0.6 is 0 Å². The van der Waals surface area contributed by atoms with Crippen molar-refractivity contribution in [3.05, 3.63) is 150 Å². The van der Waals surface area contributed by atoms with E-state index in [2.05, 4.69) is 109 Å². The molecule has 0 saturated carbocycles. The minimum atomic E-state index is -0.389. The maximum atomic E-state index is 10.2. The Morgan fingerprint density at radius 3 is 1.74 bits per heavy atom. The lowest BCUT2D eigenvalue weighted by Crippen LogP contribution is -2.32. The van der Waals surface area contributed by atoms with Crippen LogP contribution in [-0.2, 0) is 11.8 Å². The lowest BCUT2D eigenvalue weighted by atomic mass is 9.66. The average molecular weight is 401 g/mol. The standard InChI is InChI=1S/C30H24O/c31-29-17-9-10-23(20-29)22-30(26-13-3-1-4-14-26,27-15-5-2-6-16-27)28-19-18-24-11-7-8-12-25(24)21-28/h1-21,31H,22H2. The Labute approximate surface area is 183 Å². The molecule has 150 valence electrons. The van der Waals surface area contributed by atoms with Gasteiger partial charge < -0.3 is 5.11 Å². The van der Waals surface area contributed by atoms with Crippen molar-refractivity contribution in [2.45, 2.75) is 11.8 Å². The smallest absolute Gasteiger partial charge is 0.115 e. The van der Waals surface area contributed by atoms with E-state index in [-0.39, 0.29) is 5.41 Å². The largest absolute Gasteiger partial charge is 0.508 e. The van der Waals surface area contributed by atoms with E-state index in [9.17, 15) is 5.11 Å². The summed E-state index contributed by atoms with van der Waals surface area (Å²) in [5.41, 5.74) is 4.42. The van der Waals surface area contributed by atoms with Crippen LogP contribution in [0.1, 0.15) is 22.3 Å². The van der Waals surface area contributed by atoms with Crippen molar-refractivity contribution < 1.29 is 5.11 Å². The molecule has 0 saturated heterocycles. The second-order valence-corrected chi connectivity index (χ2v) is 8.05. The van der Waals surface area contributed by atoms with Gasteiger partial charge in [0.25, 0.3) is 0 Å². The number of hydrogen-bond donors (Lipinski definition) is 1. The molecule has 5 aromatic rings. The van der Waals surface area contributed by atoms with Crippen LogP contribution in [0.2, 0.25) is 0 Å². The van der Waals surface area contributed by atoms with Crippen LogP contribution in [0.25, 0.3) is 10.8 Å². The van der Waals surface area contributed by atoms with Gasteiger partial charge in [0.1, 0.15) is 5.75 Å². The molecule has 1 heteroatoms. The molecule has 0 fully saturated rings. The van der Waals surface area contributed by atoms with Crippen molar-refractivity contribution in [3.63, 3.8) is 0 Å². The van der Waals surface area contributed by atoms with Gasteiger partial charge in [-0.05, 0) is 57.6 Å². The van der Waals surface area contributed by atoms with Gasteiger partial charge >= 0.3 is 0 Å². The van der Waals surface area contributed by atoms with Gasteiger partial charge in [0.05, 0.1) is 0 Å². The molecule has 0 heterocycles. The molecule has 1 N–H and O–H groups in total. The van der Waals surface area contributed by atoms with Crippen LogP contribution < -0.4 is 0 Å². The summed E-state index contributed by atoms with van der Waals surface area (Å²) in [4.78, 5) is 0. The fourth-order valence-electron chi connectivity index (χ4n) is 4.68. The molecule has 5 aromatic carbocycles. The van der Waals surface area contributed by atoms with Crippen molar-refractivity contribution in [1.82, 2.24) is 0 Å². The molecule has 0 bridgehead atoms. The summed E-state index contributed by atoms with van der Waals surface area (Å²) in [5, 5.41) is 12.6. The zero-order chi connectivity index (χ0) is 21.1. The number of phenols is 1. The SMILES string of the molecule is Oc1cccc(CC(c2ccccc2)(c2ccccc2)c2ccc3ccccc3c2)c1. The molecule has 0 radical (unpaired) electrons. The van der Waals surface area contributed by atoms with Crippen LogP contribution in [-0.4, -0.2) is 5.11 Å². The van der Waals surface area contributed by atoms with E-state index in [4.69, 9.17) is 0 Å². The topological polar surface area (TPSA) is 20.2 Å². The summed E-state index contributed by atoms with van der Waals surface area (Å²) >= 11 is 0. The number of phenolic OH excluding ortho intramolecular Hbond substituents is 1. The van der Waals surface area contributed by atoms with Gasteiger partial charge in [0, 0.05) is 5.41 Å². The minimum Gasteiger partial charge on any atom is -0.508 e. The highest BCUT2D eigenvalue weighted by Crippen LogP contribution is 2.43. The second kappa shape index (κ2) is 8.12. The molecule has 0 aliphatic heterocycles. The maximum Gasteiger partial charge on any atom is 0.115 e.